The van der Waals surface area contributed by atoms with Crippen LogP contribution < -0.4 is 5.32 Å². The smallest absolute Gasteiger partial charge is 0.252 e. The molecule has 122 valence electrons. The van der Waals surface area contributed by atoms with E-state index in [0.29, 0.717) is 17.1 Å². The predicted octanol–water partition coefficient (Wildman–Crippen LogP) is 4.59. The van der Waals surface area contributed by atoms with Gasteiger partial charge in [-0.3, -0.25) is 4.79 Å². The van der Waals surface area contributed by atoms with E-state index in [1.807, 2.05) is 18.2 Å². The average Bonchev–Trinajstić information content (AvgIpc) is 3.28. The fourth-order valence-electron chi connectivity index (χ4n) is 3.62. The van der Waals surface area contributed by atoms with Crippen molar-refractivity contribution in [1.82, 2.24) is 10.3 Å². The molecule has 0 aliphatic heterocycles. The van der Waals surface area contributed by atoms with Crippen LogP contribution in [0.5, 0.6) is 0 Å². The molecule has 0 saturated heterocycles. The fraction of sp³-hybridized carbons (Fsp3) is 0.250. The molecule has 1 aliphatic rings. The lowest BCUT2D eigenvalue weighted by Gasteiger charge is -2.17. The molecule has 4 heteroatoms. The van der Waals surface area contributed by atoms with Crippen LogP contribution >= 0.6 is 11.6 Å². The van der Waals surface area contributed by atoms with Crippen molar-refractivity contribution in [2.75, 3.05) is 6.54 Å². The van der Waals surface area contributed by atoms with Gasteiger partial charge in [-0.25, -0.2) is 0 Å². The first-order chi connectivity index (χ1) is 11.6. The number of benzene rings is 2. The summed E-state index contributed by atoms with van der Waals surface area (Å²) in [5, 5.41) is 4.84. The Morgan fingerprint density at radius 3 is 2.62 bits per heavy atom. The first kappa shape index (κ1) is 15.3. The summed E-state index contributed by atoms with van der Waals surface area (Å²) in [6.45, 7) is 2.75. The SMILES string of the molecule is Cc1[nH]c2ccccc2c1C1(CNC(=O)c2ccccc2Cl)CC1. The van der Waals surface area contributed by atoms with Crippen molar-refractivity contribution >= 4 is 28.4 Å². The average molecular weight is 339 g/mol. The third-order valence-electron chi connectivity index (χ3n) is 4.98. The maximum Gasteiger partial charge on any atom is 0.252 e. The van der Waals surface area contributed by atoms with Crippen molar-refractivity contribution in [3.05, 3.63) is 70.4 Å². The Morgan fingerprint density at radius 2 is 1.88 bits per heavy atom. The van der Waals surface area contributed by atoms with Gasteiger partial charge in [0.25, 0.3) is 5.91 Å². The van der Waals surface area contributed by atoms with Gasteiger partial charge in [0.2, 0.25) is 0 Å². The minimum Gasteiger partial charge on any atom is -0.358 e. The van der Waals surface area contributed by atoms with Crippen LogP contribution in [0, 0.1) is 6.92 Å². The van der Waals surface area contributed by atoms with E-state index in [9.17, 15) is 4.79 Å². The standard InChI is InChI=1S/C20H19ClN2O/c1-13-18(15-7-3-5-9-17(15)23-13)20(10-11-20)12-22-19(24)14-6-2-4-8-16(14)21/h2-9,23H,10-12H2,1H3,(H,22,24). The third kappa shape index (κ3) is 2.49. The largest absolute Gasteiger partial charge is 0.358 e. The van der Waals surface area contributed by atoms with Crippen LogP contribution in [0.2, 0.25) is 5.02 Å². The summed E-state index contributed by atoms with van der Waals surface area (Å²) in [7, 11) is 0. The number of carbonyl (C=O) groups excluding carboxylic acids is 1. The first-order valence-electron chi connectivity index (χ1n) is 8.21. The van der Waals surface area contributed by atoms with E-state index in [2.05, 4.69) is 35.4 Å². The number of nitrogens with one attached hydrogen (secondary N) is 2. The van der Waals surface area contributed by atoms with Crippen molar-refractivity contribution in [1.29, 1.82) is 0 Å². The van der Waals surface area contributed by atoms with E-state index in [1.54, 1.807) is 12.1 Å². The Bertz CT molecular complexity index is 924. The number of aromatic amines is 1. The highest BCUT2D eigenvalue weighted by Crippen LogP contribution is 2.51. The summed E-state index contributed by atoms with van der Waals surface area (Å²) in [6, 6.07) is 15.5. The molecule has 4 rings (SSSR count). The molecule has 0 radical (unpaired) electrons. The molecular weight excluding hydrogens is 320 g/mol. The van der Waals surface area contributed by atoms with Gasteiger partial charge in [0, 0.05) is 28.6 Å². The van der Waals surface area contributed by atoms with Crippen molar-refractivity contribution in [3.63, 3.8) is 0 Å². The molecule has 0 bridgehead atoms. The van der Waals surface area contributed by atoms with E-state index in [0.717, 1.165) is 18.4 Å². The van der Waals surface area contributed by atoms with Crippen LogP contribution in [-0.2, 0) is 5.41 Å². The topological polar surface area (TPSA) is 44.9 Å². The van der Waals surface area contributed by atoms with Gasteiger partial charge in [0.05, 0.1) is 10.6 Å². The molecule has 1 heterocycles. The van der Waals surface area contributed by atoms with E-state index < -0.39 is 0 Å². The van der Waals surface area contributed by atoms with Crippen LogP contribution in [0.3, 0.4) is 0 Å². The number of hydrogen-bond donors (Lipinski definition) is 2. The number of aromatic nitrogens is 1. The maximum absolute atomic E-state index is 12.5. The van der Waals surface area contributed by atoms with Gasteiger partial charge >= 0.3 is 0 Å². The van der Waals surface area contributed by atoms with Gasteiger partial charge in [0.15, 0.2) is 0 Å². The van der Waals surface area contributed by atoms with Crippen molar-refractivity contribution in [3.8, 4) is 0 Å². The zero-order valence-electron chi connectivity index (χ0n) is 13.5. The molecule has 0 unspecified atom stereocenters. The van der Waals surface area contributed by atoms with Gasteiger partial charge in [0.1, 0.15) is 0 Å². The van der Waals surface area contributed by atoms with E-state index in [1.165, 1.54) is 16.6 Å². The summed E-state index contributed by atoms with van der Waals surface area (Å²) in [5.41, 5.74) is 4.28. The van der Waals surface area contributed by atoms with Gasteiger partial charge in [-0.05, 0) is 43.5 Å². The minimum absolute atomic E-state index is 0.0423. The second-order valence-electron chi connectivity index (χ2n) is 6.61. The molecule has 3 nitrogen and oxygen atoms in total. The van der Waals surface area contributed by atoms with E-state index in [4.69, 9.17) is 11.6 Å². The zero-order valence-corrected chi connectivity index (χ0v) is 14.3. The number of H-pyrrole nitrogens is 1. The number of carbonyl (C=O) groups is 1. The monoisotopic (exact) mass is 338 g/mol. The predicted molar refractivity (Wildman–Crippen MR) is 97.7 cm³/mol. The Kier molecular flexibility index (Phi) is 3.61. The molecule has 1 amide bonds. The van der Waals surface area contributed by atoms with Crippen LogP contribution in [-0.4, -0.2) is 17.4 Å². The molecule has 1 aliphatic carbocycles. The fourth-order valence-corrected chi connectivity index (χ4v) is 3.84. The highest BCUT2D eigenvalue weighted by atomic mass is 35.5. The number of fused-ring (bicyclic) bond motifs is 1. The number of halogens is 1. The van der Waals surface area contributed by atoms with Crippen LogP contribution in [0.4, 0.5) is 0 Å². The molecular formula is C20H19ClN2O. The van der Waals surface area contributed by atoms with Crippen LogP contribution in [0.25, 0.3) is 10.9 Å². The number of para-hydroxylation sites is 1. The second-order valence-corrected chi connectivity index (χ2v) is 7.02. The molecule has 24 heavy (non-hydrogen) atoms. The van der Waals surface area contributed by atoms with E-state index in [-0.39, 0.29) is 11.3 Å². The summed E-state index contributed by atoms with van der Waals surface area (Å²) in [4.78, 5) is 15.9. The third-order valence-corrected chi connectivity index (χ3v) is 5.31. The van der Waals surface area contributed by atoms with Crippen molar-refractivity contribution in [2.24, 2.45) is 0 Å². The van der Waals surface area contributed by atoms with Gasteiger partial charge in [-0.2, -0.15) is 0 Å². The molecule has 1 saturated carbocycles. The lowest BCUT2D eigenvalue weighted by Crippen LogP contribution is -2.32. The highest BCUT2D eigenvalue weighted by molar-refractivity contribution is 6.33. The summed E-state index contributed by atoms with van der Waals surface area (Å²) in [5.74, 6) is -0.107. The van der Waals surface area contributed by atoms with Crippen LogP contribution in [0.1, 0.15) is 34.5 Å². The second kappa shape index (κ2) is 5.67. The Balaban J connectivity index is 1.59. The Labute approximate surface area is 146 Å². The maximum atomic E-state index is 12.5. The minimum atomic E-state index is -0.107. The van der Waals surface area contributed by atoms with Crippen LogP contribution in [0.15, 0.2) is 48.5 Å². The quantitative estimate of drug-likeness (QED) is 0.718. The number of amides is 1. The molecule has 2 N–H and O–H groups in total. The summed E-state index contributed by atoms with van der Waals surface area (Å²) in [6.07, 6.45) is 2.19. The van der Waals surface area contributed by atoms with E-state index >= 15 is 0 Å². The Morgan fingerprint density at radius 1 is 1.17 bits per heavy atom. The Hall–Kier alpha value is -2.26. The van der Waals surface area contributed by atoms with Gasteiger partial charge < -0.3 is 10.3 Å². The number of hydrogen-bond acceptors (Lipinski definition) is 1. The van der Waals surface area contributed by atoms with Crippen molar-refractivity contribution in [2.45, 2.75) is 25.2 Å². The molecule has 2 aromatic carbocycles. The molecule has 1 fully saturated rings. The lowest BCUT2D eigenvalue weighted by molar-refractivity contribution is 0.0950. The van der Waals surface area contributed by atoms with Crippen molar-refractivity contribution < 1.29 is 4.79 Å². The zero-order chi connectivity index (χ0) is 16.7. The molecule has 3 aromatic rings. The summed E-state index contributed by atoms with van der Waals surface area (Å²) >= 11 is 6.12. The molecule has 0 spiro atoms. The molecule has 1 aromatic heterocycles. The highest BCUT2D eigenvalue weighted by Gasteiger charge is 2.47. The normalized spacial score (nSPS) is 15.4. The first-order valence-corrected chi connectivity index (χ1v) is 8.59. The molecule has 0 atom stereocenters. The lowest BCUT2D eigenvalue weighted by atomic mass is 9.93. The number of rotatable bonds is 4. The summed E-state index contributed by atoms with van der Waals surface area (Å²) < 4.78 is 0. The van der Waals surface area contributed by atoms with Gasteiger partial charge in [-0.1, -0.05) is 41.9 Å². The number of aryl methyl sites for hydroxylation is 1. The van der Waals surface area contributed by atoms with Gasteiger partial charge in [-0.15, -0.1) is 0 Å².